The molecule has 0 saturated heterocycles. The Morgan fingerprint density at radius 3 is 2.65 bits per heavy atom. The molecular weight excluding hydrogens is 214 g/mol. The summed E-state index contributed by atoms with van der Waals surface area (Å²) in [6.07, 6.45) is 5.10. The van der Waals surface area contributed by atoms with Gasteiger partial charge in [-0.2, -0.15) is 5.10 Å². The van der Waals surface area contributed by atoms with Crippen molar-refractivity contribution in [2.75, 3.05) is 13.7 Å². The molecule has 4 heteroatoms. The highest BCUT2D eigenvalue weighted by Gasteiger charge is 2.14. The van der Waals surface area contributed by atoms with Crippen LogP contribution in [0.1, 0.15) is 39.7 Å². The topological polar surface area (TPSA) is 39.1 Å². The molecule has 0 spiro atoms. The van der Waals surface area contributed by atoms with Gasteiger partial charge in [-0.1, -0.05) is 6.92 Å². The molecule has 1 N–H and O–H groups in total. The second-order valence-corrected chi connectivity index (χ2v) is 5.41. The Hall–Kier alpha value is -0.870. The lowest BCUT2D eigenvalue weighted by Gasteiger charge is -2.19. The molecule has 0 fully saturated rings. The van der Waals surface area contributed by atoms with Crippen LogP contribution in [0, 0.1) is 0 Å². The predicted octanol–water partition coefficient (Wildman–Crippen LogP) is 2.15. The molecule has 0 aromatic carbocycles. The lowest BCUT2D eigenvalue weighted by Crippen LogP contribution is -2.31. The minimum Gasteiger partial charge on any atom is -0.383 e. The molecule has 1 aromatic heterocycles. The fourth-order valence-corrected chi connectivity index (χ4v) is 1.60. The second kappa shape index (κ2) is 6.17. The van der Waals surface area contributed by atoms with Crippen LogP contribution in [0.2, 0.25) is 0 Å². The Morgan fingerprint density at radius 1 is 1.47 bits per heavy atom. The fourth-order valence-electron chi connectivity index (χ4n) is 1.60. The van der Waals surface area contributed by atoms with Crippen molar-refractivity contribution in [3.05, 3.63) is 18.0 Å². The van der Waals surface area contributed by atoms with Crippen molar-refractivity contribution in [3.8, 4) is 0 Å². The molecular formula is C13H25N3O. The number of aromatic nitrogens is 2. The molecule has 0 amide bonds. The van der Waals surface area contributed by atoms with Crippen LogP contribution in [0.15, 0.2) is 12.4 Å². The molecule has 1 atom stereocenters. The van der Waals surface area contributed by atoms with E-state index < -0.39 is 0 Å². The molecule has 4 nitrogen and oxygen atoms in total. The molecule has 98 valence electrons. The van der Waals surface area contributed by atoms with E-state index in [1.54, 1.807) is 7.11 Å². The molecule has 0 saturated carbocycles. The minimum atomic E-state index is 0.0505. The Kier molecular flexibility index (Phi) is 5.15. The van der Waals surface area contributed by atoms with Crippen molar-refractivity contribution < 1.29 is 4.74 Å². The summed E-state index contributed by atoms with van der Waals surface area (Å²) in [6, 6.07) is 0.415. The average Bonchev–Trinajstić information content (AvgIpc) is 2.72. The largest absolute Gasteiger partial charge is 0.383 e. The first-order chi connectivity index (χ1) is 7.97. The van der Waals surface area contributed by atoms with Gasteiger partial charge in [0, 0.05) is 31.5 Å². The van der Waals surface area contributed by atoms with Gasteiger partial charge in [0.1, 0.15) is 0 Å². The molecule has 1 unspecified atom stereocenters. The van der Waals surface area contributed by atoms with E-state index >= 15 is 0 Å². The van der Waals surface area contributed by atoms with Gasteiger partial charge in [-0.25, -0.2) is 0 Å². The van der Waals surface area contributed by atoms with Crippen LogP contribution in [0.3, 0.4) is 0 Å². The zero-order valence-electron chi connectivity index (χ0n) is 11.7. The molecule has 1 rings (SSSR count). The lowest BCUT2D eigenvalue weighted by atomic mass is 10.1. The summed E-state index contributed by atoms with van der Waals surface area (Å²) in [5.41, 5.74) is 1.27. The Bertz CT molecular complexity index is 328. The molecule has 1 aromatic rings. The number of nitrogens with zero attached hydrogens (tertiary/aromatic N) is 2. The van der Waals surface area contributed by atoms with E-state index in [1.807, 2.05) is 10.9 Å². The maximum Gasteiger partial charge on any atom is 0.0615 e. The molecule has 0 radical (unpaired) electrons. The van der Waals surface area contributed by atoms with Crippen molar-refractivity contribution in [1.82, 2.24) is 15.1 Å². The standard InChI is InChI=1S/C13H25N3O/c1-6-12(10-17-5)14-7-11-8-15-16(9-11)13(2,3)4/h8-9,12,14H,6-7,10H2,1-5H3. The van der Waals surface area contributed by atoms with Gasteiger partial charge < -0.3 is 10.1 Å². The predicted molar refractivity (Wildman–Crippen MR) is 70.0 cm³/mol. The van der Waals surface area contributed by atoms with Gasteiger partial charge in [0.25, 0.3) is 0 Å². The highest BCUT2D eigenvalue weighted by atomic mass is 16.5. The van der Waals surface area contributed by atoms with Gasteiger partial charge in [-0.15, -0.1) is 0 Å². The molecule has 1 heterocycles. The summed E-state index contributed by atoms with van der Waals surface area (Å²) in [4.78, 5) is 0. The monoisotopic (exact) mass is 239 g/mol. The first-order valence-corrected chi connectivity index (χ1v) is 6.23. The van der Waals surface area contributed by atoms with E-state index in [4.69, 9.17) is 4.74 Å². The maximum atomic E-state index is 5.16. The summed E-state index contributed by atoms with van der Waals surface area (Å²) in [5.74, 6) is 0. The van der Waals surface area contributed by atoms with Crippen molar-refractivity contribution in [2.45, 2.75) is 52.2 Å². The van der Waals surface area contributed by atoms with Gasteiger partial charge in [-0.3, -0.25) is 4.68 Å². The van der Waals surface area contributed by atoms with Crippen LogP contribution in [0.5, 0.6) is 0 Å². The third kappa shape index (κ3) is 4.48. The highest BCUT2D eigenvalue weighted by molar-refractivity contribution is 5.05. The van der Waals surface area contributed by atoms with Gasteiger partial charge in [0.15, 0.2) is 0 Å². The Balaban J connectivity index is 2.49. The smallest absolute Gasteiger partial charge is 0.0615 e. The van der Waals surface area contributed by atoms with E-state index in [9.17, 15) is 0 Å². The Labute approximate surface area is 104 Å². The van der Waals surface area contributed by atoms with Crippen LogP contribution in [0.25, 0.3) is 0 Å². The van der Waals surface area contributed by atoms with Crippen molar-refractivity contribution >= 4 is 0 Å². The minimum absolute atomic E-state index is 0.0505. The quantitative estimate of drug-likeness (QED) is 0.827. The SMILES string of the molecule is CCC(COC)NCc1cnn(C(C)(C)C)c1. The first-order valence-electron chi connectivity index (χ1n) is 6.23. The van der Waals surface area contributed by atoms with E-state index in [2.05, 4.69) is 44.3 Å². The van der Waals surface area contributed by atoms with Crippen LogP contribution in [-0.2, 0) is 16.8 Å². The fraction of sp³-hybridized carbons (Fsp3) is 0.769. The first kappa shape index (κ1) is 14.2. The number of nitrogens with one attached hydrogen (secondary N) is 1. The zero-order chi connectivity index (χ0) is 12.9. The van der Waals surface area contributed by atoms with Crippen molar-refractivity contribution in [3.63, 3.8) is 0 Å². The summed E-state index contributed by atoms with van der Waals surface area (Å²) >= 11 is 0. The van der Waals surface area contributed by atoms with Crippen LogP contribution in [-0.4, -0.2) is 29.5 Å². The molecule has 0 bridgehead atoms. The van der Waals surface area contributed by atoms with Gasteiger partial charge in [0.2, 0.25) is 0 Å². The maximum absolute atomic E-state index is 5.16. The van der Waals surface area contributed by atoms with Gasteiger partial charge >= 0.3 is 0 Å². The number of hydrogen-bond acceptors (Lipinski definition) is 3. The summed E-state index contributed by atoms with van der Waals surface area (Å²) < 4.78 is 7.16. The van der Waals surface area contributed by atoms with Gasteiger partial charge in [-0.05, 0) is 27.2 Å². The van der Waals surface area contributed by atoms with Crippen LogP contribution < -0.4 is 5.32 Å². The molecule has 0 aliphatic rings. The summed E-state index contributed by atoms with van der Waals surface area (Å²) in [5, 5.41) is 7.86. The molecule has 0 aliphatic heterocycles. The van der Waals surface area contributed by atoms with Crippen LogP contribution >= 0.6 is 0 Å². The van der Waals surface area contributed by atoms with E-state index in [0.717, 1.165) is 19.6 Å². The zero-order valence-corrected chi connectivity index (χ0v) is 11.7. The van der Waals surface area contributed by atoms with Crippen LogP contribution in [0.4, 0.5) is 0 Å². The van der Waals surface area contributed by atoms with E-state index in [1.165, 1.54) is 5.56 Å². The number of methoxy groups -OCH3 is 1. The number of hydrogen-bond donors (Lipinski definition) is 1. The number of ether oxygens (including phenoxy) is 1. The lowest BCUT2D eigenvalue weighted by molar-refractivity contribution is 0.164. The second-order valence-electron chi connectivity index (χ2n) is 5.41. The summed E-state index contributed by atoms with van der Waals surface area (Å²) in [6.45, 7) is 10.2. The summed E-state index contributed by atoms with van der Waals surface area (Å²) in [7, 11) is 1.74. The van der Waals surface area contributed by atoms with Gasteiger partial charge in [0.05, 0.1) is 18.3 Å². The highest BCUT2D eigenvalue weighted by Crippen LogP contribution is 2.13. The average molecular weight is 239 g/mol. The third-order valence-electron chi connectivity index (χ3n) is 2.78. The Morgan fingerprint density at radius 2 is 2.18 bits per heavy atom. The molecule has 17 heavy (non-hydrogen) atoms. The molecule has 0 aliphatic carbocycles. The van der Waals surface area contributed by atoms with E-state index in [0.29, 0.717) is 6.04 Å². The van der Waals surface area contributed by atoms with E-state index in [-0.39, 0.29) is 5.54 Å². The van der Waals surface area contributed by atoms with Crippen molar-refractivity contribution in [1.29, 1.82) is 0 Å². The normalized spacial score (nSPS) is 13.9. The van der Waals surface area contributed by atoms with Crippen molar-refractivity contribution in [2.24, 2.45) is 0 Å². The number of rotatable bonds is 6. The third-order valence-corrected chi connectivity index (χ3v) is 2.78.